The molecule has 0 radical (unpaired) electrons. The molecule has 1 amide bonds. The third-order valence-corrected chi connectivity index (χ3v) is 7.11. The van der Waals surface area contributed by atoms with Crippen LogP contribution < -0.4 is 4.74 Å². The largest absolute Gasteiger partial charge is 0.493 e. The van der Waals surface area contributed by atoms with Crippen molar-refractivity contribution in [1.82, 2.24) is 14.9 Å². The Hall–Kier alpha value is -3.79. The monoisotopic (exact) mass is 553 g/mol. The smallest absolute Gasteiger partial charge is 0.410 e. The van der Waals surface area contributed by atoms with Crippen LogP contribution in [-0.2, 0) is 17.7 Å². The zero-order valence-corrected chi connectivity index (χ0v) is 23.2. The van der Waals surface area contributed by atoms with Crippen molar-refractivity contribution in [3.8, 4) is 34.1 Å². The predicted molar refractivity (Wildman–Crippen MR) is 146 cm³/mol. The molecule has 1 aliphatic rings. The number of ether oxygens (including phenoxy) is 2. The number of rotatable bonds is 4. The van der Waals surface area contributed by atoms with Gasteiger partial charge in [-0.2, -0.15) is 0 Å². The van der Waals surface area contributed by atoms with Crippen LogP contribution in [0.1, 0.15) is 45.9 Å². The number of carbonyl (C=O) groups excluding carboxylic acids is 1. The highest BCUT2D eigenvalue weighted by atomic mass is 32.1. The summed E-state index contributed by atoms with van der Waals surface area (Å²) >= 11 is 1.30. The first-order chi connectivity index (χ1) is 18.4. The molecule has 0 spiro atoms. The van der Waals surface area contributed by atoms with E-state index in [9.17, 15) is 14.3 Å². The number of nitrogens with zero attached hydrogens (tertiary/aromatic N) is 3. The van der Waals surface area contributed by atoms with E-state index in [-0.39, 0.29) is 35.5 Å². The number of aromatic hydroxyl groups is 1. The van der Waals surface area contributed by atoms with Gasteiger partial charge in [-0.1, -0.05) is 6.07 Å². The fraction of sp³-hybridized carbons (Fsp3) is 0.345. The van der Waals surface area contributed by atoms with Gasteiger partial charge in [-0.05, 0) is 64.1 Å². The van der Waals surface area contributed by atoms with Gasteiger partial charge >= 0.3 is 6.09 Å². The Kier molecular flexibility index (Phi) is 6.92. The van der Waals surface area contributed by atoms with Crippen molar-refractivity contribution in [2.45, 2.75) is 59.3 Å². The van der Waals surface area contributed by atoms with Gasteiger partial charge in [0.2, 0.25) is 5.88 Å². The molecule has 0 saturated heterocycles. The van der Waals surface area contributed by atoms with Crippen molar-refractivity contribution in [2.75, 3.05) is 6.54 Å². The highest BCUT2D eigenvalue weighted by molar-refractivity contribution is 7.17. The molecule has 0 unspecified atom stereocenters. The molecule has 0 atom stereocenters. The van der Waals surface area contributed by atoms with E-state index >= 15 is 4.39 Å². The Morgan fingerprint density at radius 3 is 2.62 bits per heavy atom. The van der Waals surface area contributed by atoms with E-state index in [1.54, 1.807) is 36.3 Å². The van der Waals surface area contributed by atoms with E-state index in [4.69, 9.17) is 14.5 Å². The van der Waals surface area contributed by atoms with Gasteiger partial charge in [0.15, 0.2) is 0 Å². The maximum atomic E-state index is 15.5. The molecule has 0 bridgehead atoms. The number of hydrogen-bond donors (Lipinski definition) is 1. The molecular weight excluding hydrogens is 524 g/mol. The SMILES string of the molecule is CC(C)Oc1cc(F)cc(F)c1-c1c(-c2ccc3c(n2)CN(C(=O)OC(C)(C)C)CC3)nc(O)c2ccsc12. The Morgan fingerprint density at radius 1 is 1.13 bits per heavy atom. The van der Waals surface area contributed by atoms with E-state index in [2.05, 4.69) is 4.98 Å². The van der Waals surface area contributed by atoms with Crippen LogP contribution in [0.3, 0.4) is 0 Å². The highest BCUT2D eigenvalue weighted by Crippen LogP contribution is 2.46. The summed E-state index contributed by atoms with van der Waals surface area (Å²) in [6, 6.07) is 7.30. The van der Waals surface area contributed by atoms with Crippen molar-refractivity contribution in [1.29, 1.82) is 0 Å². The molecule has 39 heavy (non-hydrogen) atoms. The molecule has 1 aliphatic heterocycles. The van der Waals surface area contributed by atoms with Crippen LogP contribution in [0, 0.1) is 11.6 Å². The lowest BCUT2D eigenvalue weighted by Crippen LogP contribution is -2.40. The number of aromatic nitrogens is 2. The normalized spacial score (nSPS) is 13.6. The van der Waals surface area contributed by atoms with Gasteiger partial charge in [0.05, 0.1) is 35.0 Å². The second kappa shape index (κ2) is 10.1. The van der Waals surface area contributed by atoms with Gasteiger partial charge in [0.1, 0.15) is 28.7 Å². The Labute approximate surface area is 229 Å². The first-order valence-electron chi connectivity index (χ1n) is 12.6. The lowest BCUT2D eigenvalue weighted by atomic mass is 9.97. The molecule has 4 aromatic rings. The van der Waals surface area contributed by atoms with Gasteiger partial charge in [-0.25, -0.2) is 23.5 Å². The van der Waals surface area contributed by atoms with Crippen LogP contribution in [-0.4, -0.2) is 44.3 Å². The molecule has 0 fully saturated rings. The van der Waals surface area contributed by atoms with Crippen LogP contribution in [0.4, 0.5) is 13.6 Å². The zero-order valence-electron chi connectivity index (χ0n) is 22.3. The number of hydrogen-bond acceptors (Lipinski definition) is 7. The fourth-order valence-electron chi connectivity index (χ4n) is 4.59. The maximum absolute atomic E-state index is 15.5. The number of fused-ring (bicyclic) bond motifs is 2. The summed E-state index contributed by atoms with van der Waals surface area (Å²) in [6.07, 6.45) is -0.185. The van der Waals surface area contributed by atoms with E-state index < -0.39 is 23.3 Å². The Morgan fingerprint density at radius 2 is 1.90 bits per heavy atom. The van der Waals surface area contributed by atoms with E-state index in [0.717, 1.165) is 17.7 Å². The van der Waals surface area contributed by atoms with Crippen LogP contribution in [0.15, 0.2) is 35.7 Å². The molecule has 204 valence electrons. The number of benzene rings is 1. The average Bonchev–Trinajstić information content (AvgIpc) is 3.33. The molecule has 0 aliphatic carbocycles. The second-order valence-corrected chi connectivity index (χ2v) is 11.6. The minimum atomic E-state index is -0.817. The van der Waals surface area contributed by atoms with Crippen molar-refractivity contribution in [2.24, 2.45) is 0 Å². The van der Waals surface area contributed by atoms with Crippen molar-refractivity contribution in [3.05, 3.63) is 58.6 Å². The molecule has 7 nitrogen and oxygen atoms in total. The first kappa shape index (κ1) is 26.8. The summed E-state index contributed by atoms with van der Waals surface area (Å²) in [7, 11) is 0. The number of amides is 1. The molecule has 4 heterocycles. The quantitative estimate of drug-likeness (QED) is 0.290. The maximum Gasteiger partial charge on any atom is 0.410 e. The summed E-state index contributed by atoms with van der Waals surface area (Å²) < 4.78 is 41.8. The van der Waals surface area contributed by atoms with Crippen molar-refractivity contribution in [3.63, 3.8) is 0 Å². The van der Waals surface area contributed by atoms with Crippen molar-refractivity contribution < 1.29 is 28.2 Å². The van der Waals surface area contributed by atoms with E-state index in [0.29, 0.717) is 40.0 Å². The molecule has 3 aromatic heterocycles. The predicted octanol–water partition coefficient (Wildman–Crippen LogP) is 7.09. The van der Waals surface area contributed by atoms with Crippen LogP contribution in [0.2, 0.25) is 0 Å². The summed E-state index contributed by atoms with van der Waals surface area (Å²) in [6.45, 7) is 9.69. The van der Waals surface area contributed by atoms with Gasteiger partial charge in [0, 0.05) is 28.9 Å². The summed E-state index contributed by atoms with van der Waals surface area (Å²) in [4.78, 5) is 23.6. The summed E-state index contributed by atoms with van der Waals surface area (Å²) in [5.41, 5.74) is 1.97. The molecule has 5 rings (SSSR count). The van der Waals surface area contributed by atoms with E-state index in [1.165, 1.54) is 11.3 Å². The minimum absolute atomic E-state index is 0.0278. The third kappa shape index (κ3) is 5.38. The van der Waals surface area contributed by atoms with Gasteiger partial charge < -0.3 is 19.5 Å². The lowest BCUT2D eigenvalue weighted by molar-refractivity contribution is 0.0221. The fourth-order valence-corrected chi connectivity index (χ4v) is 5.53. The van der Waals surface area contributed by atoms with Crippen LogP contribution in [0.5, 0.6) is 11.6 Å². The molecule has 0 saturated carbocycles. The van der Waals surface area contributed by atoms with Crippen LogP contribution in [0.25, 0.3) is 32.6 Å². The standard InChI is InChI=1S/C29H29F2N3O4S/c1-15(2)37-22-13-17(30)12-19(31)23(22)24-25(33-27(35)18-9-11-39-26(18)24)20-7-6-16-8-10-34(14-21(16)32-20)28(36)38-29(3,4)5/h6-7,9,11-13,15H,8,10,14H2,1-5H3,(H,33,35). The average molecular weight is 554 g/mol. The molecule has 1 N–H and O–H groups in total. The highest BCUT2D eigenvalue weighted by Gasteiger charge is 2.29. The zero-order chi connectivity index (χ0) is 28.1. The summed E-state index contributed by atoms with van der Waals surface area (Å²) in [5.74, 6) is -1.78. The number of thiophene rings is 1. The lowest BCUT2D eigenvalue weighted by Gasteiger charge is -2.30. The molecule has 1 aromatic carbocycles. The topological polar surface area (TPSA) is 84.8 Å². The number of halogens is 2. The second-order valence-electron chi connectivity index (χ2n) is 10.7. The molecular formula is C29H29F2N3O4S. The van der Waals surface area contributed by atoms with Crippen LogP contribution >= 0.6 is 11.3 Å². The van der Waals surface area contributed by atoms with E-state index in [1.807, 2.05) is 26.8 Å². The molecule has 10 heteroatoms. The minimum Gasteiger partial charge on any atom is -0.493 e. The first-order valence-corrected chi connectivity index (χ1v) is 13.5. The van der Waals surface area contributed by atoms with Gasteiger partial charge in [0.25, 0.3) is 0 Å². The van der Waals surface area contributed by atoms with Crippen molar-refractivity contribution >= 4 is 27.5 Å². The Balaban J connectivity index is 1.67. The summed E-state index contributed by atoms with van der Waals surface area (Å²) in [5, 5.41) is 13.0. The number of carbonyl (C=O) groups is 1. The third-order valence-electron chi connectivity index (χ3n) is 6.17. The van der Waals surface area contributed by atoms with Gasteiger partial charge in [-0.3, -0.25) is 0 Å². The van der Waals surface area contributed by atoms with Gasteiger partial charge in [-0.15, -0.1) is 11.3 Å². The Bertz CT molecular complexity index is 1580. The number of pyridine rings is 2.